The van der Waals surface area contributed by atoms with E-state index in [0.29, 0.717) is 47.1 Å². The van der Waals surface area contributed by atoms with E-state index in [0.717, 1.165) is 69.5 Å². The quantitative estimate of drug-likeness (QED) is 0.0894. The van der Waals surface area contributed by atoms with Gasteiger partial charge in [0.1, 0.15) is 17.3 Å². The molecule has 0 spiro atoms. The predicted molar refractivity (Wildman–Crippen MR) is 233 cm³/mol. The Labute approximate surface area is 355 Å². The number of hydrogen-bond acceptors (Lipinski definition) is 10. The van der Waals surface area contributed by atoms with Gasteiger partial charge >= 0.3 is 0 Å². The first-order chi connectivity index (χ1) is 29.4. The van der Waals surface area contributed by atoms with Crippen LogP contribution in [-0.4, -0.2) is 71.7 Å². The summed E-state index contributed by atoms with van der Waals surface area (Å²) in [6.07, 6.45) is 10.3. The molecule has 60 heavy (non-hydrogen) atoms. The van der Waals surface area contributed by atoms with E-state index in [1.54, 1.807) is 0 Å². The van der Waals surface area contributed by atoms with Crippen molar-refractivity contribution in [1.29, 1.82) is 0 Å². The Hall–Kier alpha value is -6.87. The Morgan fingerprint density at radius 2 is 1.07 bits per heavy atom. The number of aliphatic hydroxyl groups excluding tert-OH is 1. The minimum Gasteiger partial charge on any atom is -0.390 e. The minimum absolute atomic E-state index is 0.165. The molecule has 0 unspecified atom stereocenters. The number of aromatic amines is 2. The number of rotatable bonds is 14. The van der Waals surface area contributed by atoms with E-state index in [1.165, 1.54) is 0 Å². The number of allylic oxidation sites excluding steroid dienone is 2. The van der Waals surface area contributed by atoms with E-state index >= 15 is 0 Å². The Kier molecular flexibility index (Phi) is 13.6. The largest absolute Gasteiger partial charge is 0.390 e. The average molecular weight is 840 g/mol. The van der Waals surface area contributed by atoms with E-state index < -0.39 is 0 Å². The highest BCUT2D eigenvalue weighted by Gasteiger charge is 2.17. The molecule has 0 fully saturated rings. The van der Waals surface area contributed by atoms with Crippen LogP contribution in [0.5, 0.6) is 0 Å². The van der Waals surface area contributed by atoms with Crippen molar-refractivity contribution in [3.05, 3.63) is 154 Å². The fraction of sp³-hybridized carbons (Fsp3) is 0.159. The number of aldehydes is 1. The van der Waals surface area contributed by atoms with Gasteiger partial charge in [-0.15, -0.1) is 20.4 Å². The molecule has 302 valence electrons. The Bertz CT molecular complexity index is 2700. The molecule has 4 aromatic heterocycles. The minimum atomic E-state index is -0.165. The van der Waals surface area contributed by atoms with Crippen LogP contribution in [0.2, 0.25) is 10.3 Å². The summed E-state index contributed by atoms with van der Waals surface area (Å²) in [5, 5.41) is 39.0. The van der Waals surface area contributed by atoms with Crippen LogP contribution in [0.25, 0.3) is 57.2 Å². The molecule has 4 heterocycles. The van der Waals surface area contributed by atoms with Crippen molar-refractivity contribution in [2.45, 2.75) is 46.4 Å². The van der Waals surface area contributed by atoms with Crippen LogP contribution in [0.4, 0.5) is 0 Å². The highest BCUT2D eigenvalue weighted by Crippen LogP contribution is 2.32. The van der Waals surface area contributed by atoms with Gasteiger partial charge in [0.15, 0.2) is 16.6 Å². The summed E-state index contributed by atoms with van der Waals surface area (Å²) < 4.78 is 3.76. The van der Waals surface area contributed by atoms with Gasteiger partial charge in [0.2, 0.25) is 11.6 Å². The maximum absolute atomic E-state index is 11.5. The van der Waals surface area contributed by atoms with Gasteiger partial charge in [-0.1, -0.05) is 146 Å². The molecule has 0 aliphatic heterocycles. The number of carbonyl (C=O) groups excluding carboxylic acids is 1. The number of carbonyl (C=O) groups is 1. The molecule has 0 saturated carbocycles. The lowest BCUT2D eigenvalue weighted by Gasteiger charge is -2.11. The third-order valence-corrected chi connectivity index (χ3v) is 10.1. The van der Waals surface area contributed by atoms with Crippen LogP contribution in [-0.2, 0) is 19.7 Å². The fourth-order valence-electron chi connectivity index (χ4n) is 6.59. The number of H-pyrrole nitrogens is 2. The SMILES string of the molecule is CC/C=C/c1nc(Cl)c(C=O)n1Cc1ccc(-c2ccccc2-c2nn[nH]n2)cc1.CC/C=C/c1nc(Cl)c(CO)n1Cc1ccc(-c2ccccc2-c2nn[nH]n2)cc1. The first kappa shape index (κ1) is 41.3. The first-order valence-electron chi connectivity index (χ1n) is 19.2. The summed E-state index contributed by atoms with van der Waals surface area (Å²) in [4.78, 5) is 20.2. The van der Waals surface area contributed by atoms with Crippen molar-refractivity contribution in [3.8, 4) is 45.0 Å². The zero-order valence-corrected chi connectivity index (χ0v) is 34.3. The van der Waals surface area contributed by atoms with Gasteiger partial charge in [-0.05, 0) is 68.8 Å². The van der Waals surface area contributed by atoms with Crippen LogP contribution in [0.15, 0.2) is 109 Å². The lowest BCUT2D eigenvalue weighted by molar-refractivity contribution is 0.111. The maximum Gasteiger partial charge on any atom is 0.205 e. The first-order valence-corrected chi connectivity index (χ1v) is 19.9. The molecule has 0 atom stereocenters. The van der Waals surface area contributed by atoms with Crippen molar-refractivity contribution in [1.82, 2.24) is 60.4 Å². The van der Waals surface area contributed by atoms with E-state index in [-0.39, 0.29) is 11.8 Å². The fourth-order valence-corrected chi connectivity index (χ4v) is 7.07. The summed E-state index contributed by atoms with van der Waals surface area (Å²) in [5.74, 6) is 2.50. The third kappa shape index (κ3) is 9.37. The third-order valence-electron chi connectivity index (χ3n) is 9.55. The number of aliphatic hydroxyl groups is 1. The van der Waals surface area contributed by atoms with Crippen LogP contribution in [0.3, 0.4) is 0 Å². The highest BCUT2D eigenvalue weighted by atomic mass is 35.5. The van der Waals surface area contributed by atoms with Crippen molar-refractivity contribution in [2.24, 2.45) is 0 Å². The lowest BCUT2D eigenvalue weighted by Crippen LogP contribution is -2.06. The number of hydrogen-bond donors (Lipinski definition) is 3. The average Bonchev–Trinajstić information content (AvgIpc) is 4.12. The molecule has 14 nitrogen and oxygen atoms in total. The zero-order valence-electron chi connectivity index (χ0n) is 32.7. The number of benzene rings is 4. The molecule has 0 aliphatic rings. The number of imidazole rings is 2. The number of tetrazole rings is 2. The summed E-state index contributed by atoms with van der Waals surface area (Å²) in [6.45, 7) is 4.98. The smallest absolute Gasteiger partial charge is 0.205 e. The van der Waals surface area contributed by atoms with Gasteiger partial charge in [0, 0.05) is 24.2 Å². The Morgan fingerprint density at radius 3 is 1.50 bits per heavy atom. The predicted octanol–water partition coefficient (Wildman–Crippen LogP) is 9.02. The summed E-state index contributed by atoms with van der Waals surface area (Å²) in [7, 11) is 0. The van der Waals surface area contributed by atoms with Crippen molar-refractivity contribution < 1.29 is 9.90 Å². The second kappa shape index (κ2) is 19.7. The van der Waals surface area contributed by atoms with E-state index in [9.17, 15) is 9.90 Å². The van der Waals surface area contributed by atoms with Gasteiger partial charge in [0.05, 0.1) is 12.3 Å². The summed E-state index contributed by atoms with van der Waals surface area (Å²) >= 11 is 12.4. The number of aromatic nitrogens is 12. The summed E-state index contributed by atoms with van der Waals surface area (Å²) in [5.41, 5.74) is 9.02. The van der Waals surface area contributed by atoms with E-state index in [4.69, 9.17) is 23.2 Å². The summed E-state index contributed by atoms with van der Waals surface area (Å²) in [6, 6.07) is 32.2. The number of halogens is 2. The van der Waals surface area contributed by atoms with Gasteiger partial charge < -0.3 is 14.2 Å². The molecule has 0 amide bonds. The molecule has 0 aliphatic carbocycles. The van der Waals surface area contributed by atoms with Crippen molar-refractivity contribution in [3.63, 3.8) is 0 Å². The van der Waals surface area contributed by atoms with Crippen LogP contribution in [0.1, 0.15) is 65.6 Å². The van der Waals surface area contributed by atoms with Crippen LogP contribution < -0.4 is 0 Å². The van der Waals surface area contributed by atoms with Gasteiger partial charge in [0.25, 0.3) is 0 Å². The monoisotopic (exact) mass is 838 g/mol. The molecular weight excluding hydrogens is 799 g/mol. The molecule has 0 saturated heterocycles. The normalized spacial score (nSPS) is 11.3. The molecule has 16 heteroatoms. The second-order valence-electron chi connectivity index (χ2n) is 13.4. The molecule has 3 N–H and O–H groups in total. The standard InChI is InChI=1S/C22H21ClN6O.C22H19ClN6O/c2*1-2-3-8-20-24-21(23)19(14-30)29(20)13-15-9-11-16(12-10-15)17-6-4-5-7-18(17)22-25-27-28-26-22/h3-12,30H,2,13-14H2,1H3,(H,25,26,27,28);3-12,14H,2,13H2,1H3,(H,25,26,27,28)/b2*8-3+. The molecule has 0 bridgehead atoms. The number of nitrogens with one attached hydrogen (secondary N) is 2. The van der Waals surface area contributed by atoms with Crippen LogP contribution in [0, 0.1) is 0 Å². The topological polar surface area (TPSA) is 182 Å². The van der Waals surface area contributed by atoms with Crippen molar-refractivity contribution in [2.75, 3.05) is 0 Å². The molecular formula is C44H40Cl2N12O2. The number of nitrogens with zero attached hydrogens (tertiary/aromatic N) is 10. The Morgan fingerprint density at radius 1 is 0.617 bits per heavy atom. The maximum atomic E-state index is 11.5. The van der Waals surface area contributed by atoms with Gasteiger partial charge in [-0.3, -0.25) is 4.79 Å². The highest BCUT2D eigenvalue weighted by molar-refractivity contribution is 6.31. The molecule has 8 rings (SSSR count). The van der Waals surface area contributed by atoms with Gasteiger partial charge in [-0.2, -0.15) is 10.4 Å². The molecule has 8 aromatic rings. The molecule has 4 aromatic carbocycles. The lowest BCUT2D eigenvalue weighted by atomic mass is 9.98. The van der Waals surface area contributed by atoms with Crippen molar-refractivity contribution >= 4 is 41.6 Å². The second-order valence-corrected chi connectivity index (χ2v) is 14.1. The van der Waals surface area contributed by atoms with Gasteiger partial charge in [-0.25, -0.2) is 9.97 Å². The van der Waals surface area contributed by atoms with E-state index in [2.05, 4.69) is 82.4 Å². The van der Waals surface area contributed by atoms with Crippen LogP contribution >= 0.6 is 23.2 Å². The molecule has 0 radical (unpaired) electrons. The Balaban J connectivity index is 0.000000181. The van der Waals surface area contributed by atoms with E-state index in [1.807, 2.05) is 113 Å². The zero-order chi connectivity index (χ0) is 41.8.